The van der Waals surface area contributed by atoms with Crippen LogP contribution in [0.1, 0.15) is 34.1 Å². The number of rotatable bonds is 10. The standard InChI is InChI=1S/C25H34O2Si/c1-7-18-26-22(19-21(2)3)20-27-28(25(4,5)6,23-14-10-8-11-15-23)24-16-12-9-13-17-24/h7-17,22H,1-2,18-20H2,3-6H3/t22-/m0/s1. The van der Waals surface area contributed by atoms with E-state index >= 15 is 0 Å². The predicted octanol–water partition coefficient (Wildman–Crippen LogP) is 5.10. The second kappa shape index (κ2) is 10.0. The molecule has 0 heterocycles. The first-order valence-electron chi connectivity index (χ1n) is 9.93. The van der Waals surface area contributed by atoms with Crippen LogP contribution >= 0.6 is 0 Å². The molecule has 0 aromatic heterocycles. The summed E-state index contributed by atoms with van der Waals surface area (Å²) in [6.45, 7) is 17.8. The van der Waals surface area contributed by atoms with E-state index < -0.39 is 8.32 Å². The molecule has 0 bridgehead atoms. The molecule has 0 fully saturated rings. The fourth-order valence-electron chi connectivity index (χ4n) is 3.74. The number of ether oxygens (including phenoxy) is 1. The Morgan fingerprint density at radius 2 is 1.50 bits per heavy atom. The van der Waals surface area contributed by atoms with E-state index in [0.29, 0.717) is 13.2 Å². The van der Waals surface area contributed by atoms with Crippen LogP contribution in [0.4, 0.5) is 0 Å². The normalized spacial score (nSPS) is 13.1. The highest BCUT2D eigenvalue weighted by Crippen LogP contribution is 2.37. The monoisotopic (exact) mass is 394 g/mol. The SMILES string of the molecule is C=CCO[C@H](CO[Si](c1ccccc1)(c1ccccc1)C(C)(C)C)CC(=C)C. The molecule has 0 radical (unpaired) electrons. The Balaban J connectivity index is 2.48. The summed E-state index contributed by atoms with van der Waals surface area (Å²) >= 11 is 0. The molecule has 2 nitrogen and oxygen atoms in total. The fourth-order valence-corrected chi connectivity index (χ4v) is 8.33. The molecule has 3 heteroatoms. The average molecular weight is 395 g/mol. The largest absolute Gasteiger partial charge is 0.405 e. The summed E-state index contributed by atoms with van der Waals surface area (Å²) in [6.07, 6.45) is 2.54. The highest BCUT2D eigenvalue weighted by molar-refractivity contribution is 6.99. The van der Waals surface area contributed by atoms with E-state index in [-0.39, 0.29) is 11.1 Å². The molecule has 2 aromatic rings. The molecule has 1 atom stereocenters. The first-order chi connectivity index (χ1) is 13.3. The van der Waals surface area contributed by atoms with Gasteiger partial charge in [0.2, 0.25) is 0 Å². The second-order valence-electron chi connectivity index (χ2n) is 8.38. The Morgan fingerprint density at radius 3 is 1.89 bits per heavy atom. The summed E-state index contributed by atoms with van der Waals surface area (Å²) in [7, 11) is -2.54. The van der Waals surface area contributed by atoms with Gasteiger partial charge in [0, 0.05) is 0 Å². The van der Waals surface area contributed by atoms with E-state index in [4.69, 9.17) is 9.16 Å². The van der Waals surface area contributed by atoms with Crippen molar-refractivity contribution in [3.63, 3.8) is 0 Å². The lowest BCUT2D eigenvalue weighted by Crippen LogP contribution is -2.67. The first-order valence-corrected chi connectivity index (χ1v) is 11.8. The third-order valence-electron chi connectivity index (χ3n) is 4.93. The van der Waals surface area contributed by atoms with Gasteiger partial charge in [-0.3, -0.25) is 0 Å². The van der Waals surface area contributed by atoms with Crippen molar-refractivity contribution in [3.8, 4) is 0 Å². The van der Waals surface area contributed by atoms with E-state index in [1.807, 2.05) is 6.92 Å². The van der Waals surface area contributed by atoms with Crippen LogP contribution in [0, 0.1) is 0 Å². The molecule has 0 aliphatic carbocycles. The molecule has 150 valence electrons. The van der Waals surface area contributed by atoms with E-state index in [1.165, 1.54) is 10.4 Å². The van der Waals surface area contributed by atoms with Crippen LogP contribution in [-0.4, -0.2) is 27.6 Å². The van der Waals surface area contributed by atoms with Gasteiger partial charge in [0.05, 0.1) is 19.3 Å². The summed E-state index contributed by atoms with van der Waals surface area (Å²) in [5, 5.41) is 2.53. The number of benzene rings is 2. The minimum absolute atomic E-state index is 0.0304. The van der Waals surface area contributed by atoms with E-state index in [9.17, 15) is 0 Å². The van der Waals surface area contributed by atoms with Gasteiger partial charge in [0.25, 0.3) is 8.32 Å². The summed E-state index contributed by atoms with van der Waals surface area (Å²) in [4.78, 5) is 0. The van der Waals surface area contributed by atoms with Crippen molar-refractivity contribution < 1.29 is 9.16 Å². The summed E-state index contributed by atoms with van der Waals surface area (Å²) in [6, 6.07) is 21.4. The Bertz CT molecular complexity index is 708. The fraction of sp³-hybridized carbons (Fsp3) is 0.360. The maximum absolute atomic E-state index is 6.96. The van der Waals surface area contributed by atoms with Gasteiger partial charge in [-0.1, -0.05) is 93.1 Å². The zero-order chi connectivity index (χ0) is 20.6. The molecule has 0 spiro atoms. The van der Waals surface area contributed by atoms with Crippen LogP contribution < -0.4 is 10.4 Å². The molecular formula is C25H34O2Si. The number of hydrogen-bond acceptors (Lipinski definition) is 2. The lowest BCUT2D eigenvalue weighted by Gasteiger charge is -2.43. The molecule has 2 rings (SSSR count). The summed E-state index contributed by atoms with van der Waals surface area (Å²) < 4.78 is 13.0. The van der Waals surface area contributed by atoms with Gasteiger partial charge in [-0.15, -0.1) is 13.2 Å². The van der Waals surface area contributed by atoms with Crippen molar-refractivity contribution >= 4 is 18.7 Å². The average Bonchev–Trinajstić information content (AvgIpc) is 2.66. The minimum Gasteiger partial charge on any atom is -0.405 e. The quantitative estimate of drug-likeness (QED) is 0.412. The van der Waals surface area contributed by atoms with Crippen molar-refractivity contribution in [2.75, 3.05) is 13.2 Å². The highest BCUT2D eigenvalue weighted by Gasteiger charge is 2.50. The van der Waals surface area contributed by atoms with Gasteiger partial charge in [-0.25, -0.2) is 0 Å². The molecular weight excluding hydrogens is 360 g/mol. The lowest BCUT2D eigenvalue weighted by atomic mass is 10.1. The topological polar surface area (TPSA) is 18.5 Å². The predicted molar refractivity (Wildman–Crippen MR) is 123 cm³/mol. The van der Waals surface area contributed by atoms with Gasteiger partial charge >= 0.3 is 0 Å². The van der Waals surface area contributed by atoms with Crippen molar-refractivity contribution in [1.29, 1.82) is 0 Å². The van der Waals surface area contributed by atoms with Crippen molar-refractivity contribution in [2.45, 2.75) is 45.3 Å². The molecule has 0 aliphatic heterocycles. The summed E-state index contributed by atoms with van der Waals surface area (Å²) in [5.74, 6) is 0. The van der Waals surface area contributed by atoms with E-state index in [2.05, 4.69) is 94.6 Å². The van der Waals surface area contributed by atoms with Crippen molar-refractivity contribution in [1.82, 2.24) is 0 Å². The van der Waals surface area contributed by atoms with Gasteiger partial charge in [0.15, 0.2) is 0 Å². The zero-order valence-corrected chi connectivity index (χ0v) is 18.8. The number of hydrogen-bond donors (Lipinski definition) is 0. The van der Waals surface area contributed by atoms with Crippen LogP contribution in [0.5, 0.6) is 0 Å². The van der Waals surface area contributed by atoms with Crippen molar-refractivity contribution in [3.05, 3.63) is 85.5 Å². The molecule has 0 aliphatic rings. The Kier molecular flexibility index (Phi) is 7.99. The lowest BCUT2D eigenvalue weighted by molar-refractivity contribution is 0.0341. The van der Waals surface area contributed by atoms with Gasteiger partial charge in [-0.05, 0) is 28.8 Å². The molecule has 0 amide bonds. The zero-order valence-electron chi connectivity index (χ0n) is 17.8. The smallest absolute Gasteiger partial charge is 0.261 e. The first kappa shape index (κ1) is 22.3. The Morgan fingerprint density at radius 1 is 1.00 bits per heavy atom. The Labute approximate surface area is 172 Å². The molecule has 0 unspecified atom stereocenters. The minimum atomic E-state index is -2.54. The van der Waals surface area contributed by atoms with Crippen LogP contribution in [0.15, 0.2) is 85.5 Å². The van der Waals surface area contributed by atoms with Gasteiger partial charge in [0.1, 0.15) is 0 Å². The molecule has 0 saturated carbocycles. The molecule has 0 N–H and O–H groups in total. The van der Waals surface area contributed by atoms with Crippen LogP contribution in [0.2, 0.25) is 5.04 Å². The van der Waals surface area contributed by atoms with Crippen LogP contribution in [-0.2, 0) is 9.16 Å². The summed E-state index contributed by atoms with van der Waals surface area (Å²) in [5.41, 5.74) is 1.10. The molecule has 2 aromatic carbocycles. The van der Waals surface area contributed by atoms with E-state index in [0.717, 1.165) is 12.0 Å². The third kappa shape index (κ3) is 5.31. The third-order valence-corrected chi connectivity index (χ3v) is 9.93. The van der Waals surface area contributed by atoms with E-state index in [1.54, 1.807) is 6.08 Å². The highest BCUT2D eigenvalue weighted by atomic mass is 28.4. The van der Waals surface area contributed by atoms with Crippen LogP contribution in [0.3, 0.4) is 0 Å². The Hall–Kier alpha value is -1.94. The maximum atomic E-state index is 6.96. The van der Waals surface area contributed by atoms with Gasteiger partial charge < -0.3 is 9.16 Å². The van der Waals surface area contributed by atoms with Crippen LogP contribution in [0.25, 0.3) is 0 Å². The van der Waals surface area contributed by atoms with Crippen molar-refractivity contribution in [2.24, 2.45) is 0 Å². The molecule has 28 heavy (non-hydrogen) atoms. The van der Waals surface area contributed by atoms with Gasteiger partial charge in [-0.2, -0.15) is 0 Å². The molecule has 0 saturated heterocycles. The second-order valence-corrected chi connectivity index (χ2v) is 12.7. The maximum Gasteiger partial charge on any atom is 0.261 e.